The molecule has 226 valence electrons. The summed E-state index contributed by atoms with van der Waals surface area (Å²) in [4.78, 5) is 30.7. The molecule has 0 saturated heterocycles. The Morgan fingerprint density at radius 3 is 2.41 bits per heavy atom. The van der Waals surface area contributed by atoms with Crippen LogP contribution in [0, 0.1) is 39.5 Å². The van der Waals surface area contributed by atoms with Crippen LogP contribution in [0.1, 0.15) is 96.6 Å². The molecular weight excluding hydrogens is 541 g/mol. The first-order chi connectivity index (χ1) is 19.5. The third kappa shape index (κ3) is 7.34. The summed E-state index contributed by atoms with van der Waals surface area (Å²) >= 11 is 6.70. The van der Waals surface area contributed by atoms with E-state index >= 15 is 0 Å². The van der Waals surface area contributed by atoms with Crippen molar-refractivity contribution in [3.8, 4) is 5.75 Å². The van der Waals surface area contributed by atoms with Crippen molar-refractivity contribution in [1.29, 1.82) is 0 Å². The van der Waals surface area contributed by atoms with Gasteiger partial charge in [-0.25, -0.2) is 4.39 Å². The Balaban J connectivity index is 1.37. The molecule has 0 spiro atoms. The molecule has 0 aliphatic heterocycles. The number of aromatic nitrogens is 1. The molecule has 0 bridgehead atoms. The minimum Gasteiger partial charge on any atom is -0.491 e. The third-order valence-corrected chi connectivity index (χ3v) is 9.96. The first-order valence-electron chi connectivity index (χ1n) is 15.3. The molecule has 1 atom stereocenters. The summed E-state index contributed by atoms with van der Waals surface area (Å²) in [5.41, 5.74) is 4.16. The molecule has 2 fully saturated rings. The number of carbonyl (C=O) groups excluding carboxylic acids is 1. The lowest BCUT2D eigenvalue weighted by atomic mass is 9.75. The fourth-order valence-electron chi connectivity index (χ4n) is 6.78. The van der Waals surface area contributed by atoms with Gasteiger partial charge in [0, 0.05) is 35.4 Å². The van der Waals surface area contributed by atoms with E-state index in [0.29, 0.717) is 65.3 Å². The van der Waals surface area contributed by atoms with Crippen LogP contribution in [-0.2, 0) is 6.54 Å². The van der Waals surface area contributed by atoms with Gasteiger partial charge in [-0.1, -0.05) is 24.9 Å². The van der Waals surface area contributed by atoms with Crippen molar-refractivity contribution in [2.45, 2.75) is 111 Å². The van der Waals surface area contributed by atoms with E-state index in [1.165, 1.54) is 12.8 Å². The Morgan fingerprint density at radius 1 is 1.12 bits per heavy atom. The molecule has 4 rings (SSSR count). The third-order valence-electron chi connectivity index (χ3n) is 9.68. The fourth-order valence-corrected chi connectivity index (χ4v) is 7.08. The molecule has 6 nitrogen and oxygen atoms in total. The largest absolute Gasteiger partial charge is 0.491 e. The van der Waals surface area contributed by atoms with E-state index in [4.69, 9.17) is 16.3 Å². The van der Waals surface area contributed by atoms with Crippen LogP contribution in [0.3, 0.4) is 0 Å². The topological polar surface area (TPSA) is 74.4 Å². The molecule has 2 aliphatic rings. The van der Waals surface area contributed by atoms with Crippen LogP contribution in [0.15, 0.2) is 16.9 Å². The minimum atomic E-state index is -0.610. The number of aromatic amines is 1. The van der Waals surface area contributed by atoms with Gasteiger partial charge in [0.2, 0.25) is 0 Å². The predicted octanol–water partition coefficient (Wildman–Crippen LogP) is 6.98. The van der Waals surface area contributed by atoms with Gasteiger partial charge in [-0.15, -0.1) is 0 Å². The fraction of sp³-hybridized carbons (Fsp3) is 0.636. The zero-order valence-corrected chi connectivity index (χ0v) is 26.3. The summed E-state index contributed by atoms with van der Waals surface area (Å²) in [6, 6.07) is 4.54. The van der Waals surface area contributed by atoms with Crippen LogP contribution in [0.25, 0.3) is 0 Å². The van der Waals surface area contributed by atoms with E-state index in [-0.39, 0.29) is 18.0 Å². The summed E-state index contributed by atoms with van der Waals surface area (Å²) in [6.07, 6.45) is 7.63. The monoisotopic (exact) mass is 587 g/mol. The molecule has 2 aromatic rings. The Bertz CT molecular complexity index is 1280. The quantitative estimate of drug-likeness (QED) is 0.297. The lowest BCUT2D eigenvalue weighted by Crippen LogP contribution is -2.49. The Morgan fingerprint density at radius 2 is 1.80 bits per heavy atom. The van der Waals surface area contributed by atoms with Crippen molar-refractivity contribution < 1.29 is 13.9 Å². The number of hydrogen-bond donors (Lipinski definition) is 2. The first-order valence-corrected chi connectivity index (χ1v) is 15.6. The van der Waals surface area contributed by atoms with Crippen LogP contribution in [0.5, 0.6) is 5.75 Å². The number of pyridine rings is 1. The number of amides is 1. The number of nitrogens with one attached hydrogen (secondary N) is 2. The number of aryl methyl sites for hydroxylation is 2. The Labute approximate surface area is 249 Å². The molecule has 1 aromatic heterocycles. The smallest absolute Gasteiger partial charge is 0.253 e. The lowest BCUT2D eigenvalue weighted by Gasteiger charge is -2.45. The van der Waals surface area contributed by atoms with Gasteiger partial charge in [0.25, 0.3) is 11.5 Å². The molecule has 8 heteroatoms. The highest BCUT2D eigenvalue weighted by Gasteiger charge is 2.37. The maximum atomic E-state index is 13.4. The zero-order chi connectivity index (χ0) is 29.8. The van der Waals surface area contributed by atoms with Crippen molar-refractivity contribution in [2.24, 2.45) is 11.8 Å². The van der Waals surface area contributed by atoms with Crippen molar-refractivity contribution >= 4 is 17.5 Å². The van der Waals surface area contributed by atoms with E-state index in [1.807, 2.05) is 33.8 Å². The zero-order valence-electron chi connectivity index (χ0n) is 25.5. The molecule has 2 aliphatic carbocycles. The number of nitrogens with zero attached hydrogens (tertiary/aromatic N) is 1. The van der Waals surface area contributed by atoms with Crippen molar-refractivity contribution in [3.05, 3.63) is 61.0 Å². The maximum absolute atomic E-state index is 13.4. The normalized spacial score (nSPS) is 23.2. The second-order valence-corrected chi connectivity index (χ2v) is 12.8. The van der Waals surface area contributed by atoms with Gasteiger partial charge in [-0.2, -0.15) is 0 Å². The van der Waals surface area contributed by atoms with Crippen LogP contribution in [0.4, 0.5) is 4.39 Å². The molecule has 2 saturated carbocycles. The van der Waals surface area contributed by atoms with Gasteiger partial charge < -0.3 is 19.9 Å². The van der Waals surface area contributed by atoms with Gasteiger partial charge in [0.1, 0.15) is 11.9 Å². The average Bonchev–Trinajstić information content (AvgIpc) is 2.91. The van der Waals surface area contributed by atoms with E-state index < -0.39 is 6.17 Å². The molecule has 1 amide bonds. The Kier molecular flexibility index (Phi) is 10.6. The van der Waals surface area contributed by atoms with Gasteiger partial charge >= 0.3 is 0 Å². The van der Waals surface area contributed by atoms with E-state index in [1.54, 1.807) is 6.07 Å². The van der Waals surface area contributed by atoms with Crippen molar-refractivity contribution in [2.75, 3.05) is 13.7 Å². The highest BCUT2D eigenvalue weighted by molar-refractivity contribution is 6.32. The number of rotatable bonds is 11. The van der Waals surface area contributed by atoms with Crippen LogP contribution in [0.2, 0.25) is 5.02 Å². The van der Waals surface area contributed by atoms with Gasteiger partial charge in [-0.05, 0) is 120 Å². The van der Waals surface area contributed by atoms with Gasteiger partial charge in [0.15, 0.2) is 0 Å². The van der Waals surface area contributed by atoms with E-state index in [9.17, 15) is 14.0 Å². The molecule has 1 aromatic carbocycles. The summed E-state index contributed by atoms with van der Waals surface area (Å²) in [5, 5.41) is 3.31. The highest BCUT2D eigenvalue weighted by Crippen LogP contribution is 2.39. The molecule has 41 heavy (non-hydrogen) atoms. The van der Waals surface area contributed by atoms with Crippen molar-refractivity contribution in [3.63, 3.8) is 0 Å². The number of benzene rings is 1. The number of ether oxygens (including phenoxy) is 1. The predicted molar refractivity (Wildman–Crippen MR) is 164 cm³/mol. The van der Waals surface area contributed by atoms with Gasteiger partial charge in [-0.3, -0.25) is 9.59 Å². The van der Waals surface area contributed by atoms with Crippen LogP contribution < -0.4 is 15.6 Å². The first kappa shape index (κ1) is 31.6. The molecular formula is C33H47ClFN3O3. The molecule has 1 heterocycles. The summed E-state index contributed by atoms with van der Waals surface area (Å²) in [7, 11) is 2.18. The number of hydrogen-bond acceptors (Lipinski definition) is 4. The molecule has 2 N–H and O–H groups in total. The summed E-state index contributed by atoms with van der Waals surface area (Å²) in [5.74, 6) is 1.42. The second-order valence-electron chi connectivity index (χ2n) is 12.4. The van der Waals surface area contributed by atoms with E-state index in [0.717, 1.165) is 48.1 Å². The minimum absolute atomic E-state index is 0.141. The maximum Gasteiger partial charge on any atom is 0.253 e. The SMILES string of the molecule is CCCC(COc1c(Cl)cc(C(=O)NCc2c(C)cc(C)[nH]c2=O)c(C)c1C)C1CCC(N(C)C2CC(F)C2)CC1. The standard InChI is InChI=1S/C33H47ClFN3O3/c1-7-8-24(23-9-11-26(12-10-23)38(6)27-14-25(35)15-27)18-41-31-22(5)21(4)28(16-30(31)34)32(39)36-17-29-19(2)13-20(3)37-33(29)40/h13,16,23-27H,7-12,14-15,17-18H2,1-6H3,(H,36,39)(H,37,40). The average molecular weight is 588 g/mol. The van der Waals surface area contributed by atoms with Gasteiger partial charge in [0.05, 0.1) is 11.6 Å². The number of carbonyl (C=O) groups is 1. The number of H-pyrrole nitrogens is 1. The molecule has 1 unspecified atom stereocenters. The Hall–Kier alpha value is -2.38. The van der Waals surface area contributed by atoms with Crippen LogP contribution in [-0.4, -0.2) is 47.7 Å². The van der Waals surface area contributed by atoms with Crippen molar-refractivity contribution in [1.82, 2.24) is 15.2 Å². The lowest BCUT2D eigenvalue weighted by molar-refractivity contribution is 0.0206. The van der Waals surface area contributed by atoms with Crippen LogP contribution >= 0.6 is 11.6 Å². The highest BCUT2D eigenvalue weighted by atomic mass is 35.5. The molecule has 0 radical (unpaired) electrons. The summed E-state index contributed by atoms with van der Waals surface area (Å²) in [6.45, 7) is 10.5. The van der Waals surface area contributed by atoms with E-state index in [2.05, 4.69) is 29.2 Å². The second kappa shape index (κ2) is 13.7. The summed E-state index contributed by atoms with van der Waals surface area (Å²) < 4.78 is 19.8. The number of halogens is 2. The number of alkyl halides is 1.